The van der Waals surface area contributed by atoms with E-state index in [-0.39, 0.29) is 6.61 Å². The third-order valence-corrected chi connectivity index (χ3v) is 2.47. The molecule has 0 aromatic heterocycles. The maximum absolute atomic E-state index is 9.08. The van der Waals surface area contributed by atoms with Crippen molar-refractivity contribution in [1.82, 2.24) is 0 Å². The summed E-state index contributed by atoms with van der Waals surface area (Å²) in [6, 6.07) is 0. The summed E-state index contributed by atoms with van der Waals surface area (Å²) in [5.41, 5.74) is 0. The Morgan fingerprint density at radius 3 is 2.36 bits per heavy atom. The topological polar surface area (TPSA) is 38.7 Å². The molecular formula is C11H24O3. The van der Waals surface area contributed by atoms with Gasteiger partial charge < -0.3 is 14.6 Å². The monoisotopic (exact) mass is 204 g/mol. The lowest BCUT2D eigenvalue weighted by Crippen LogP contribution is -2.14. The largest absolute Gasteiger partial charge is 0.396 e. The fraction of sp³-hybridized carbons (Fsp3) is 1.00. The lowest BCUT2D eigenvalue weighted by molar-refractivity contribution is 0.0640. The van der Waals surface area contributed by atoms with Crippen LogP contribution in [0, 0.1) is 11.8 Å². The zero-order chi connectivity index (χ0) is 10.8. The van der Waals surface area contributed by atoms with E-state index in [0.29, 0.717) is 25.0 Å². The Morgan fingerprint density at radius 1 is 1.14 bits per heavy atom. The molecule has 0 heterocycles. The Morgan fingerprint density at radius 2 is 1.86 bits per heavy atom. The number of aliphatic hydroxyl groups excluding tert-OH is 1. The zero-order valence-corrected chi connectivity index (χ0v) is 9.66. The molecule has 0 amide bonds. The molecule has 0 saturated heterocycles. The molecule has 0 aliphatic heterocycles. The molecule has 3 heteroatoms. The highest BCUT2D eigenvalue weighted by molar-refractivity contribution is 4.61. The molecule has 86 valence electrons. The number of rotatable bonds is 9. The number of methoxy groups -OCH3 is 1. The first-order valence-electron chi connectivity index (χ1n) is 5.40. The third-order valence-electron chi connectivity index (χ3n) is 2.47. The van der Waals surface area contributed by atoms with Gasteiger partial charge in [0.1, 0.15) is 0 Å². The summed E-state index contributed by atoms with van der Waals surface area (Å²) in [4.78, 5) is 0. The highest BCUT2D eigenvalue weighted by atomic mass is 16.5. The number of hydrogen-bond acceptors (Lipinski definition) is 3. The van der Waals surface area contributed by atoms with Gasteiger partial charge in [0, 0.05) is 20.3 Å². The smallest absolute Gasteiger partial charge is 0.0700 e. The minimum absolute atomic E-state index is 0.287. The molecule has 1 unspecified atom stereocenters. The molecule has 0 aromatic rings. The van der Waals surface area contributed by atoms with E-state index < -0.39 is 0 Å². The minimum Gasteiger partial charge on any atom is -0.396 e. The second-order valence-corrected chi connectivity index (χ2v) is 3.93. The van der Waals surface area contributed by atoms with Gasteiger partial charge in [-0.25, -0.2) is 0 Å². The predicted octanol–water partition coefficient (Wildman–Crippen LogP) is 1.69. The summed E-state index contributed by atoms with van der Waals surface area (Å²) in [6.07, 6.45) is 2.06. The van der Waals surface area contributed by atoms with Crippen molar-refractivity contribution < 1.29 is 14.6 Å². The molecule has 0 fully saturated rings. The summed E-state index contributed by atoms with van der Waals surface area (Å²) in [5, 5.41) is 9.08. The molecular weight excluding hydrogens is 180 g/mol. The summed E-state index contributed by atoms with van der Waals surface area (Å²) in [7, 11) is 1.67. The maximum Gasteiger partial charge on any atom is 0.0700 e. The van der Waals surface area contributed by atoms with E-state index in [9.17, 15) is 0 Å². The number of hydrogen-bond donors (Lipinski definition) is 1. The van der Waals surface area contributed by atoms with Gasteiger partial charge in [-0.2, -0.15) is 0 Å². The van der Waals surface area contributed by atoms with Gasteiger partial charge in [0.05, 0.1) is 13.2 Å². The molecule has 14 heavy (non-hydrogen) atoms. The van der Waals surface area contributed by atoms with Crippen molar-refractivity contribution in [2.24, 2.45) is 11.8 Å². The van der Waals surface area contributed by atoms with Gasteiger partial charge in [-0.1, -0.05) is 13.8 Å². The van der Waals surface area contributed by atoms with E-state index in [1.165, 1.54) is 0 Å². The summed E-state index contributed by atoms with van der Waals surface area (Å²) in [6.45, 7) is 6.68. The van der Waals surface area contributed by atoms with Gasteiger partial charge in [0.15, 0.2) is 0 Å². The van der Waals surface area contributed by atoms with Crippen molar-refractivity contribution in [3.8, 4) is 0 Å². The third kappa shape index (κ3) is 7.30. The maximum atomic E-state index is 9.08. The quantitative estimate of drug-likeness (QED) is 0.581. The fourth-order valence-corrected chi connectivity index (χ4v) is 1.33. The van der Waals surface area contributed by atoms with Crippen molar-refractivity contribution in [1.29, 1.82) is 0 Å². The van der Waals surface area contributed by atoms with E-state index in [4.69, 9.17) is 14.6 Å². The number of ether oxygens (including phenoxy) is 2. The first-order chi connectivity index (χ1) is 6.72. The van der Waals surface area contributed by atoms with Crippen LogP contribution in [0.15, 0.2) is 0 Å². The lowest BCUT2D eigenvalue weighted by atomic mass is 9.92. The molecule has 0 aliphatic rings. The number of aliphatic hydroxyl groups is 1. The summed E-state index contributed by atoms with van der Waals surface area (Å²) in [5.74, 6) is 0.972. The van der Waals surface area contributed by atoms with Crippen LogP contribution in [0.2, 0.25) is 0 Å². The Hall–Kier alpha value is -0.120. The van der Waals surface area contributed by atoms with Gasteiger partial charge in [-0.15, -0.1) is 0 Å². The van der Waals surface area contributed by atoms with Crippen molar-refractivity contribution in [3.05, 3.63) is 0 Å². The van der Waals surface area contributed by atoms with Crippen LogP contribution >= 0.6 is 0 Å². The molecule has 0 aromatic carbocycles. The van der Waals surface area contributed by atoms with E-state index in [1.54, 1.807) is 7.11 Å². The average molecular weight is 204 g/mol. The Balaban J connectivity index is 3.25. The van der Waals surface area contributed by atoms with E-state index in [1.807, 2.05) is 0 Å². The van der Waals surface area contributed by atoms with Gasteiger partial charge in [0.25, 0.3) is 0 Å². The van der Waals surface area contributed by atoms with Crippen LogP contribution in [0.5, 0.6) is 0 Å². The van der Waals surface area contributed by atoms with E-state index >= 15 is 0 Å². The zero-order valence-electron chi connectivity index (χ0n) is 9.66. The van der Waals surface area contributed by atoms with Crippen molar-refractivity contribution in [2.45, 2.75) is 26.7 Å². The second-order valence-electron chi connectivity index (χ2n) is 3.93. The van der Waals surface area contributed by atoms with E-state index in [0.717, 1.165) is 19.4 Å². The Labute approximate surface area is 87.4 Å². The molecule has 1 N–H and O–H groups in total. The normalized spacial score (nSPS) is 13.5. The van der Waals surface area contributed by atoms with Crippen LogP contribution in [-0.4, -0.2) is 38.6 Å². The Kier molecular flexibility index (Phi) is 9.35. The first kappa shape index (κ1) is 13.9. The van der Waals surface area contributed by atoms with Crippen molar-refractivity contribution >= 4 is 0 Å². The predicted molar refractivity (Wildman–Crippen MR) is 57.3 cm³/mol. The van der Waals surface area contributed by atoms with E-state index in [2.05, 4.69) is 13.8 Å². The highest BCUT2D eigenvalue weighted by Gasteiger charge is 2.10. The lowest BCUT2D eigenvalue weighted by Gasteiger charge is -2.17. The van der Waals surface area contributed by atoms with Crippen LogP contribution < -0.4 is 0 Å². The van der Waals surface area contributed by atoms with Crippen molar-refractivity contribution in [2.75, 3.05) is 33.5 Å². The van der Waals surface area contributed by atoms with Gasteiger partial charge in [-0.3, -0.25) is 0 Å². The fourth-order valence-electron chi connectivity index (χ4n) is 1.33. The standard InChI is InChI=1S/C11H24O3/c1-10(2)11(9-12)5-4-6-14-8-7-13-3/h10-12H,4-9H2,1-3H3. The summed E-state index contributed by atoms with van der Waals surface area (Å²) >= 11 is 0. The molecule has 0 radical (unpaired) electrons. The van der Waals surface area contributed by atoms with Crippen molar-refractivity contribution in [3.63, 3.8) is 0 Å². The molecule has 0 bridgehead atoms. The average Bonchev–Trinajstić information content (AvgIpc) is 2.16. The summed E-state index contributed by atoms with van der Waals surface area (Å²) < 4.78 is 10.2. The highest BCUT2D eigenvalue weighted by Crippen LogP contribution is 2.15. The van der Waals surface area contributed by atoms with Gasteiger partial charge in [0.2, 0.25) is 0 Å². The molecule has 0 spiro atoms. The van der Waals surface area contributed by atoms with Crippen LogP contribution in [-0.2, 0) is 9.47 Å². The van der Waals surface area contributed by atoms with Gasteiger partial charge in [-0.05, 0) is 24.7 Å². The van der Waals surface area contributed by atoms with Crippen LogP contribution in [0.3, 0.4) is 0 Å². The first-order valence-corrected chi connectivity index (χ1v) is 5.40. The van der Waals surface area contributed by atoms with Crippen LogP contribution in [0.4, 0.5) is 0 Å². The van der Waals surface area contributed by atoms with Crippen LogP contribution in [0.1, 0.15) is 26.7 Å². The molecule has 0 saturated carbocycles. The van der Waals surface area contributed by atoms with Crippen LogP contribution in [0.25, 0.3) is 0 Å². The molecule has 0 rings (SSSR count). The second kappa shape index (κ2) is 9.44. The molecule has 0 aliphatic carbocycles. The SMILES string of the molecule is COCCOCCCC(CO)C(C)C. The Bertz CT molecular complexity index is 115. The van der Waals surface area contributed by atoms with Gasteiger partial charge >= 0.3 is 0 Å². The molecule has 1 atom stereocenters. The minimum atomic E-state index is 0.287. The molecule has 3 nitrogen and oxygen atoms in total.